The molecule has 27 heavy (non-hydrogen) atoms. The summed E-state index contributed by atoms with van der Waals surface area (Å²) in [5.41, 5.74) is 1.20. The van der Waals surface area contributed by atoms with Crippen LogP contribution in [0.15, 0.2) is 46.2 Å². The molecule has 3 aromatic rings. The molecule has 1 N–H and O–H groups in total. The molecule has 3 rings (SSSR count). The van der Waals surface area contributed by atoms with Crippen LogP contribution in [0.2, 0.25) is 0 Å². The lowest BCUT2D eigenvalue weighted by Gasteiger charge is -2.14. The summed E-state index contributed by atoms with van der Waals surface area (Å²) in [6, 6.07) is 7.51. The highest BCUT2D eigenvalue weighted by atomic mass is 32.2. The molecule has 0 radical (unpaired) electrons. The lowest BCUT2D eigenvalue weighted by molar-refractivity contribution is 0.444. The Kier molecular flexibility index (Phi) is 5.50. The van der Waals surface area contributed by atoms with E-state index in [1.165, 1.54) is 4.68 Å². The van der Waals surface area contributed by atoms with Gasteiger partial charge >= 0.3 is 0 Å². The number of aromatic nitrogens is 3. The second-order valence-corrected chi connectivity index (χ2v) is 6.63. The number of hydrogen-bond acceptors (Lipinski definition) is 5. The molecule has 1 aromatic heterocycles. The van der Waals surface area contributed by atoms with Crippen LogP contribution in [-0.2, 0) is 6.54 Å². The van der Waals surface area contributed by atoms with Crippen molar-refractivity contribution in [2.24, 2.45) is 0 Å². The van der Waals surface area contributed by atoms with E-state index in [0.717, 1.165) is 28.8 Å². The van der Waals surface area contributed by atoms with Crippen molar-refractivity contribution < 1.29 is 13.2 Å². The molecule has 0 fully saturated rings. The van der Waals surface area contributed by atoms with E-state index in [0.29, 0.717) is 5.69 Å². The van der Waals surface area contributed by atoms with Gasteiger partial charge in [0.25, 0.3) is 5.56 Å². The Morgan fingerprint density at radius 2 is 1.85 bits per heavy atom. The van der Waals surface area contributed by atoms with Crippen LogP contribution in [-0.4, -0.2) is 21.0 Å². The van der Waals surface area contributed by atoms with E-state index >= 15 is 0 Å². The van der Waals surface area contributed by atoms with Crippen molar-refractivity contribution in [3.63, 3.8) is 0 Å². The minimum atomic E-state index is -1.53. The van der Waals surface area contributed by atoms with Gasteiger partial charge in [-0.2, -0.15) is 10.1 Å². The molecular weight excluding hydrogens is 377 g/mol. The fraction of sp³-hybridized carbons (Fsp3) is 0.167. The third-order valence-corrected chi connectivity index (χ3v) is 4.56. The summed E-state index contributed by atoms with van der Waals surface area (Å²) in [5.74, 6) is -4.02. The summed E-state index contributed by atoms with van der Waals surface area (Å²) in [5, 5.41) is 6.99. The molecule has 0 saturated heterocycles. The van der Waals surface area contributed by atoms with Gasteiger partial charge in [0.1, 0.15) is 6.20 Å². The molecule has 1 heterocycles. The summed E-state index contributed by atoms with van der Waals surface area (Å²) >= 11 is 1.55. The van der Waals surface area contributed by atoms with Crippen molar-refractivity contribution >= 4 is 23.4 Å². The van der Waals surface area contributed by atoms with E-state index in [1.54, 1.807) is 11.8 Å². The minimum Gasteiger partial charge on any atom is -0.324 e. The van der Waals surface area contributed by atoms with E-state index in [2.05, 4.69) is 15.4 Å². The Morgan fingerprint density at radius 3 is 2.52 bits per heavy atom. The Bertz CT molecular complexity index is 1030. The summed E-state index contributed by atoms with van der Waals surface area (Å²) in [7, 11) is 0. The summed E-state index contributed by atoms with van der Waals surface area (Å²) in [4.78, 5) is 16.5. The van der Waals surface area contributed by atoms with Crippen LogP contribution < -0.4 is 10.9 Å². The minimum absolute atomic E-state index is 0.106. The highest BCUT2D eigenvalue weighted by Crippen LogP contribution is 2.25. The zero-order chi connectivity index (χ0) is 19.6. The van der Waals surface area contributed by atoms with Crippen molar-refractivity contribution in [1.82, 2.24) is 14.8 Å². The first-order chi connectivity index (χ1) is 12.9. The molecule has 0 atom stereocenters. The molecule has 140 valence electrons. The van der Waals surface area contributed by atoms with Crippen molar-refractivity contribution in [2.75, 3.05) is 11.6 Å². The number of nitrogens with one attached hydrogen (secondary N) is 1. The lowest BCUT2D eigenvalue weighted by Crippen LogP contribution is -2.19. The van der Waals surface area contributed by atoms with Crippen LogP contribution in [0.4, 0.5) is 24.8 Å². The van der Waals surface area contributed by atoms with E-state index in [9.17, 15) is 18.0 Å². The van der Waals surface area contributed by atoms with Gasteiger partial charge in [-0.1, -0.05) is 6.07 Å². The van der Waals surface area contributed by atoms with Crippen molar-refractivity contribution in [3.05, 3.63) is 75.5 Å². The zero-order valence-corrected chi connectivity index (χ0v) is 15.3. The van der Waals surface area contributed by atoms with Crippen LogP contribution in [0.25, 0.3) is 0 Å². The average Bonchev–Trinajstić information content (AvgIpc) is 2.63. The molecular formula is C18H15F3N4OS. The van der Waals surface area contributed by atoms with E-state index < -0.39 is 23.0 Å². The zero-order valence-electron chi connectivity index (χ0n) is 14.5. The Hall–Kier alpha value is -2.81. The maximum Gasteiger partial charge on any atom is 0.293 e. The van der Waals surface area contributed by atoms with Crippen molar-refractivity contribution in [3.8, 4) is 0 Å². The lowest BCUT2D eigenvalue weighted by atomic mass is 10.2. The molecule has 0 aliphatic heterocycles. The van der Waals surface area contributed by atoms with Crippen molar-refractivity contribution in [2.45, 2.75) is 18.4 Å². The van der Waals surface area contributed by atoms with Gasteiger partial charge in [0, 0.05) is 10.6 Å². The molecule has 0 aliphatic carbocycles. The van der Waals surface area contributed by atoms with Gasteiger partial charge < -0.3 is 5.32 Å². The van der Waals surface area contributed by atoms with E-state index in [4.69, 9.17) is 0 Å². The monoisotopic (exact) mass is 392 g/mol. The summed E-state index contributed by atoms with van der Waals surface area (Å²) in [6.45, 7) is 1.78. The third kappa shape index (κ3) is 4.30. The molecule has 0 spiro atoms. The summed E-state index contributed by atoms with van der Waals surface area (Å²) < 4.78 is 41.3. The first-order valence-corrected chi connectivity index (χ1v) is 9.09. The molecule has 9 heteroatoms. The van der Waals surface area contributed by atoms with Gasteiger partial charge in [0.2, 0.25) is 5.95 Å². The van der Waals surface area contributed by atoms with E-state index in [1.807, 2.05) is 31.4 Å². The number of halogens is 3. The second-order valence-electron chi connectivity index (χ2n) is 5.76. The Balaban J connectivity index is 1.98. The molecule has 2 aromatic carbocycles. The number of hydrogen-bond donors (Lipinski definition) is 1. The van der Waals surface area contributed by atoms with Gasteiger partial charge in [0.05, 0.1) is 6.54 Å². The average molecular weight is 392 g/mol. The predicted octanol–water partition coefficient (Wildman–Crippen LogP) is 3.88. The predicted molar refractivity (Wildman–Crippen MR) is 98.0 cm³/mol. The molecule has 0 aliphatic rings. The van der Waals surface area contributed by atoms with Crippen LogP contribution >= 0.6 is 11.8 Å². The first-order valence-electron chi connectivity index (χ1n) is 7.86. The van der Waals surface area contributed by atoms with E-state index in [-0.39, 0.29) is 18.1 Å². The fourth-order valence-electron chi connectivity index (χ4n) is 2.43. The number of anilines is 2. The van der Waals surface area contributed by atoms with Gasteiger partial charge in [-0.3, -0.25) is 4.79 Å². The molecule has 0 amide bonds. The fourth-order valence-corrected chi connectivity index (χ4v) is 2.87. The van der Waals surface area contributed by atoms with Crippen LogP contribution in [0.5, 0.6) is 0 Å². The largest absolute Gasteiger partial charge is 0.324 e. The van der Waals surface area contributed by atoms with Gasteiger partial charge in [-0.15, -0.1) is 11.8 Å². The Labute approximate surface area is 157 Å². The summed E-state index contributed by atoms with van der Waals surface area (Å²) in [6.07, 6.45) is 2.93. The smallest absolute Gasteiger partial charge is 0.293 e. The van der Waals surface area contributed by atoms with Gasteiger partial charge in [-0.25, -0.2) is 17.9 Å². The van der Waals surface area contributed by atoms with Crippen LogP contribution in [0.1, 0.15) is 11.1 Å². The maximum absolute atomic E-state index is 13.5. The molecule has 0 bridgehead atoms. The highest BCUT2D eigenvalue weighted by molar-refractivity contribution is 7.98. The number of aryl methyl sites for hydroxylation is 1. The topological polar surface area (TPSA) is 59.8 Å². The maximum atomic E-state index is 13.5. The highest BCUT2D eigenvalue weighted by Gasteiger charge is 2.13. The van der Waals surface area contributed by atoms with Crippen LogP contribution in [0, 0.1) is 24.4 Å². The number of nitrogens with zero attached hydrogens (tertiary/aromatic N) is 3. The first kappa shape index (κ1) is 19.0. The number of benzene rings is 2. The quantitative estimate of drug-likeness (QED) is 0.528. The second kappa shape index (κ2) is 7.83. The molecule has 5 nitrogen and oxygen atoms in total. The number of rotatable bonds is 5. The molecule has 0 unspecified atom stereocenters. The van der Waals surface area contributed by atoms with Gasteiger partial charge in [0.15, 0.2) is 17.5 Å². The normalized spacial score (nSPS) is 10.9. The SMILES string of the molecule is CSc1ccc(C)c(Nc2nc(=O)cnn2Cc2cc(F)c(F)c(F)c2)c1. The molecule has 0 saturated carbocycles. The van der Waals surface area contributed by atoms with Crippen molar-refractivity contribution in [1.29, 1.82) is 0 Å². The Morgan fingerprint density at radius 1 is 1.15 bits per heavy atom. The number of thioether (sulfide) groups is 1. The third-order valence-electron chi connectivity index (χ3n) is 3.84. The van der Waals surface area contributed by atoms with Gasteiger partial charge in [-0.05, 0) is 48.6 Å². The standard InChI is InChI=1S/C18H15F3N4OS/c1-10-3-4-12(27-2)7-15(10)23-18-24-16(26)8-22-25(18)9-11-5-13(19)17(21)14(20)6-11/h3-8H,9H2,1-2H3,(H,23,24,26). The van der Waals surface area contributed by atoms with Crippen LogP contribution in [0.3, 0.4) is 0 Å².